The number of rotatable bonds is 3. The maximum atomic E-state index is 12.2. The Morgan fingerprint density at radius 1 is 1.35 bits per heavy atom. The molecule has 6 nitrogen and oxygen atoms in total. The summed E-state index contributed by atoms with van der Waals surface area (Å²) < 4.78 is 6.47. The van der Waals surface area contributed by atoms with E-state index in [2.05, 4.69) is 9.97 Å². The van der Waals surface area contributed by atoms with E-state index in [1.165, 1.54) is 10.9 Å². The lowest BCUT2D eigenvalue weighted by atomic mass is 10.1. The van der Waals surface area contributed by atoms with Gasteiger partial charge in [0.1, 0.15) is 6.33 Å². The van der Waals surface area contributed by atoms with Gasteiger partial charge in [0.25, 0.3) is 0 Å². The number of carbonyl (C=O) groups excluding carboxylic acids is 1. The second kappa shape index (κ2) is 4.73. The molecule has 0 atom stereocenters. The Balaban J connectivity index is 1.94. The number of oxazole rings is 1. The topological polar surface area (TPSA) is 78.0 Å². The van der Waals surface area contributed by atoms with Crippen LogP contribution < -0.4 is 5.76 Å². The molecule has 0 spiro atoms. The number of carbonyl (C=O) groups is 1. The fourth-order valence-corrected chi connectivity index (χ4v) is 2.00. The minimum Gasteiger partial charge on any atom is -0.408 e. The quantitative estimate of drug-likeness (QED) is 0.670. The van der Waals surface area contributed by atoms with Crippen LogP contribution in [0.25, 0.3) is 11.1 Å². The molecule has 0 amide bonds. The van der Waals surface area contributed by atoms with Gasteiger partial charge >= 0.3 is 5.76 Å². The van der Waals surface area contributed by atoms with Crippen LogP contribution in [-0.4, -0.2) is 20.3 Å². The highest BCUT2D eigenvalue weighted by molar-refractivity contribution is 5.99. The molecule has 2 heterocycles. The Labute approximate surface area is 113 Å². The Bertz CT molecular complexity index is 834. The predicted octanol–water partition coefficient (Wildman–Crippen LogP) is 1.35. The zero-order valence-corrected chi connectivity index (χ0v) is 10.7. The molecule has 3 aromatic rings. The number of nitrogens with zero attached hydrogens (tertiary/aromatic N) is 3. The molecule has 0 radical (unpaired) electrons. The number of aromatic nitrogens is 3. The first kappa shape index (κ1) is 12.3. The maximum Gasteiger partial charge on any atom is 0.419 e. The summed E-state index contributed by atoms with van der Waals surface area (Å²) in [6, 6.07) is 6.66. The summed E-state index contributed by atoms with van der Waals surface area (Å²) in [5.41, 5.74) is 2.21. The van der Waals surface area contributed by atoms with Crippen LogP contribution >= 0.6 is 0 Å². The lowest BCUT2D eigenvalue weighted by Crippen LogP contribution is -2.08. The van der Waals surface area contributed by atoms with Crippen molar-refractivity contribution in [3.8, 4) is 0 Å². The fraction of sp³-hybridized carbons (Fsp3) is 0.143. The van der Waals surface area contributed by atoms with E-state index in [4.69, 9.17) is 4.42 Å². The first-order valence-electron chi connectivity index (χ1n) is 6.03. The van der Waals surface area contributed by atoms with Gasteiger partial charge in [0.15, 0.2) is 11.4 Å². The summed E-state index contributed by atoms with van der Waals surface area (Å²) in [5.74, 6) is -0.530. The lowest BCUT2D eigenvalue weighted by molar-refractivity contribution is 0.0992. The number of benzene rings is 1. The molecule has 0 saturated carbocycles. The molecular formula is C14H11N3O3. The smallest absolute Gasteiger partial charge is 0.408 e. The SMILES string of the molecule is Cn1c(=O)oc2cc(C(=O)Cc3ccncn3)ccc21. The molecule has 0 unspecified atom stereocenters. The van der Waals surface area contributed by atoms with Crippen LogP contribution in [-0.2, 0) is 13.5 Å². The van der Waals surface area contributed by atoms with Crippen molar-refractivity contribution < 1.29 is 9.21 Å². The maximum absolute atomic E-state index is 12.2. The van der Waals surface area contributed by atoms with E-state index < -0.39 is 5.76 Å². The van der Waals surface area contributed by atoms with Gasteiger partial charge in [-0.1, -0.05) is 0 Å². The van der Waals surface area contributed by atoms with Crippen LogP contribution in [0.2, 0.25) is 0 Å². The molecule has 100 valence electrons. The van der Waals surface area contributed by atoms with Gasteiger partial charge in [-0.05, 0) is 24.3 Å². The highest BCUT2D eigenvalue weighted by Crippen LogP contribution is 2.15. The van der Waals surface area contributed by atoms with E-state index in [-0.39, 0.29) is 12.2 Å². The Hall–Kier alpha value is -2.76. The van der Waals surface area contributed by atoms with Crippen LogP contribution in [0.4, 0.5) is 0 Å². The Morgan fingerprint density at radius 3 is 2.95 bits per heavy atom. The van der Waals surface area contributed by atoms with Crippen LogP contribution in [0.15, 0.2) is 46.0 Å². The molecule has 0 bridgehead atoms. The molecule has 0 aliphatic heterocycles. The number of hydrogen-bond acceptors (Lipinski definition) is 5. The van der Waals surface area contributed by atoms with E-state index in [0.29, 0.717) is 22.4 Å². The molecule has 0 aliphatic rings. The van der Waals surface area contributed by atoms with Gasteiger partial charge in [0.2, 0.25) is 0 Å². The normalized spacial score (nSPS) is 10.8. The zero-order chi connectivity index (χ0) is 14.1. The van der Waals surface area contributed by atoms with E-state index in [1.807, 2.05) is 0 Å². The van der Waals surface area contributed by atoms with Gasteiger partial charge in [-0.2, -0.15) is 0 Å². The number of aryl methyl sites for hydroxylation is 1. The van der Waals surface area contributed by atoms with Crippen LogP contribution in [0.3, 0.4) is 0 Å². The summed E-state index contributed by atoms with van der Waals surface area (Å²) in [7, 11) is 1.62. The molecule has 0 N–H and O–H groups in total. The van der Waals surface area contributed by atoms with Crippen LogP contribution in [0.1, 0.15) is 16.1 Å². The summed E-state index contributed by atoms with van der Waals surface area (Å²) in [6.45, 7) is 0. The second-order valence-corrected chi connectivity index (χ2v) is 4.41. The first-order valence-corrected chi connectivity index (χ1v) is 6.03. The highest BCUT2D eigenvalue weighted by Gasteiger charge is 2.12. The third kappa shape index (κ3) is 2.11. The predicted molar refractivity (Wildman–Crippen MR) is 71.5 cm³/mol. The van der Waals surface area contributed by atoms with E-state index in [0.717, 1.165) is 0 Å². The van der Waals surface area contributed by atoms with E-state index in [1.54, 1.807) is 37.5 Å². The standard InChI is InChI=1S/C14H11N3O3/c1-17-11-3-2-9(6-13(11)20-14(17)19)12(18)7-10-4-5-15-8-16-10/h2-6,8H,7H2,1H3. The van der Waals surface area contributed by atoms with E-state index in [9.17, 15) is 9.59 Å². The Kier molecular flexibility index (Phi) is 2.90. The van der Waals surface area contributed by atoms with Gasteiger partial charge in [0.05, 0.1) is 17.6 Å². The summed E-state index contributed by atoms with van der Waals surface area (Å²) >= 11 is 0. The molecule has 0 saturated heterocycles. The zero-order valence-electron chi connectivity index (χ0n) is 10.7. The second-order valence-electron chi connectivity index (χ2n) is 4.41. The van der Waals surface area contributed by atoms with Crippen molar-refractivity contribution in [1.82, 2.24) is 14.5 Å². The fourth-order valence-electron chi connectivity index (χ4n) is 2.00. The molecular weight excluding hydrogens is 258 g/mol. The molecule has 0 aliphatic carbocycles. The highest BCUT2D eigenvalue weighted by atomic mass is 16.4. The molecule has 3 rings (SSSR count). The van der Waals surface area contributed by atoms with Crippen LogP contribution in [0.5, 0.6) is 0 Å². The molecule has 1 aromatic carbocycles. The summed E-state index contributed by atoms with van der Waals surface area (Å²) in [4.78, 5) is 31.4. The van der Waals surface area contributed by atoms with E-state index >= 15 is 0 Å². The average molecular weight is 269 g/mol. The number of ketones is 1. The lowest BCUT2D eigenvalue weighted by Gasteiger charge is -2.00. The van der Waals surface area contributed by atoms with Crippen molar-refractivity contribution >= 4 is 16.9 Å². The van der Waals surface area contributed by atoms with Crippen molar-refractivity contribution in [2.24, 2.45) is 7.05 Å². The summed E-state index contributed by atoms with van der Waals surface area (Å²) in [6.07, 6.45) is 3.18. The first-order chi connectivity index (χ1) is 9.65. The summed E-state index contributed by atoms with van der Waals surface area (Å²) in [5, 5.41) is 0. The van der Waals surface area contributed by atoms with Gasteiger partial charge in [-0.15, -0.1) is 0 Å². The van der Waals surface area contributed by atoms with Crippen molar-refractivity contribution in [3.63, 3.8) is 0 Å². The number of fused-ring (bicyclic) bond motifs is 1. The molecule has 2 aromatic heterocycles. The van der Waals surface area contributed by atoms with Gasteiger partial charge in [-0.3, -0.25) is 9.36 Å². The van der Waals surface area contributed by atoms with Crippen molar-refractivity contribution in [1.29, 1.82) is 0 Å². The minimum atomic E-state index is -0.444. The number of Topliss-reactive ketones (excluding diaryl/α,β-unsaturated/α-hetero) is 1. The van der Waals surface area contributed by atoms with Gasteiger partial charge < -0.3 is 4.42 Å². The van der Waals surface area contributed by atoms with Gasteiger partial charge in [-0.25, -0.2) is 14.8 Å². The Morgan fingerprint density at radius 2 is 2.20 bits per heavy atom. The minimum absolute atomic E-state index is 0.0860. The monoisotopic (exact) mass is 269 g/mol. The molecule has 6 heteroatoms. The van der Waals surface area contributed by atoms with Crippen molar-refractivity contribution in [2.75, 3.05) is 0 Å². The van der Waals surface area contributed by atoms with Crippen molar-refractivity contribution in [2.45, 2.75) is 6.42 Å². The molecule has 0 fully saturated rings. The van der Waals surface area contributed by atoms with Crippen molar-refractivity contribution in [3.05, 3.63) is 58.6 Å². The van der Waals surface area contributed by atoms with Crippen LogP contribution in [0, 0.1) is 0 Å². The largest absolute Gasteiger partial charge is 0.419 e. The number of hydrogen-bond donors (Lipinski definition) is 0. The molecule has 20 heavy (non-hydrogen) atoms. The van der Waals surface area contributed by atoms with Gasteiger partial charge in [0, 0.05) is 18.8 Å². The average Bonchev–Trinajstić information content (AvgIpc) is 2.74. The third-order valence-corrected chi connectivity index (χ3v) is 3.10. The third-order valence-electron chi connectivity index (χ3n) is 3.10.